The highest BCUT2D eigenvalue weighted by molar-refractivity contribution is 7.99. The minimum absolute atomic E-state index is 0.195. The smallest absolute Gasteiger partial charge is 0.231 e. The number of ether oxygens (including phenoxy) is 2. The molecule has 0 amide bonds. The summed E-state index contributed by atoms with van der Waals surface area (Å²) in [5.41, 5.74) is 2.26. The van der Waals surface area contributed by atoms with E-state index in [0.717, 1.165) is 34.3 Å². The molecule has 1 saturated heterocycles. The van der Waals surface area contributed by atoms with Gasteiger partial charge in [-0.2, -0.15) is 11.8 Å². The van der Waals surface area contributed by atoms with E-state index in [1.165, 1.54) is 12.1 Å². The van der Waals surface area contributed by atoms with Gasteiger partial charge < -0.3 is 14.4 Å². The number of hydrogen-bond acceptors (Lipinski definition) is 4. The molecule has 2 heterocycles. The van der Waals surface area contributed by atoms with Gasteiger partial charge in [0.05, 0.1) is 6.04 Å². The van der Waals surface area contributed by atoms with Crippen LogP contribution in [0.2, 0.25) is 0 Å². The Balaban J connectivity index is 1.71. The van der Waals surface area contributed by atoms with Gasteiger partial charge in [-0.1, -0.05) is 12.1 Å². The second-order valence-corrected chi connectivity index (χ2v) is 6.97. The number of benzene rings is 2. The number of nitrogens with zero attached hydrogens (tertiary/aromatic N) is 1. The van der Waals surface area contributed by atoms with Gasteiger partial charge >= 0.3 is 0 Å². The van der Waals surface area contributed by atoms with E-state index in [1.807, 2.05) is 36.0 Å². The van der Waals surface area contributed by atoms with E-state index in [4.69, 9.17) is 9.47 Å². The van der Waals surface area contributed by atoms with Crippen LogP contribution in [0.4, 0.5) is 10.1 Å². The van der Waals surface area contributed by atoms with E-state index >= 15 is 0 Å². The third-order valence-corrected chi connectivity index (χ3v) is 5.62. The average Bonchev–Trinajstić information content (AvgIpc) is 3.03. The summed E-state index contributed by atoms with van der Waals surface area (Å²) in [4.78, 5) is 2.41. The SMILES string of the molecule is CC1CSCC(c2ccc(F)cc2)N1c1ccc2c(c1)OCO2. The fourth-order valence-corrected chi connectivity index (χ4v) is 4.45. The topological polar surface area (TPSA) is 21.7 Å². The second-order valence-electron chi connectivity index (χ2n) is 5.90. The first-order chi connectivity index (χ1) is 11.2. The van der Waals surface area contributed by atoms with E-state index in [2.05, 4.69) is 17.9 Å². The molecule has 2 aliphatic rings. The minimum atomic E-state index is -0.195. The summed E-state index contributed by atoms with van der Waals surface area (Å²) >= 11 is 1.94. The van der Waals surface area contributed by atoms with Crippen molar-refractivity contribution in [1.82, 2.24) is 0 Å². The van der Waals surface area contributed by atoms with Crippen molar-refractivity contribution in [3.8, 4) is 11.5 Å². The lowest BCUT2D eigenvalue weighted by atomic mass is 10.0. The van der Waals surface area contributed by atoms with E-state index < -0.39 is 0 Å². The molecule has 0 bridgehead atoms. The molecule has 2 unspecified atom stereocenters. The average molecular weight is 331 g/mol. The summed E-state index contributed by atoms with van der Waals surface area (Å²) in [6.07, 6.45) is 0. The minimum Gasteiger partial charge on any atom is -0.454 e. The van der Waals surface area contributed by atoms with Gasteiger partial charge in [0.15, 0.2) is 11.5 Å². The molecule has 120 valence electrons. The van der Waals surface area contributed by atoms with Crippen LogP contribution < -0.4 is 14.4 Å². The first-order valence-electron chi connectivity index (χ1n) is 7.73. The van der Waals surface area contributed by atoms with Crippen molar-refractivity contribution in [3.05, 3.63) is 53.8 Å². The predicted octanol–water partition coefficient (Wildman–Crippen LogP) is 4.24. The van der Waals surface area contributed by atoms with Crippen molar-refractivity contribution in [3.63, 3.8) is 0 Å². The molecular weight excluding hydrogens is 313 g/mol. The Morgan fingerprint density at radius 2 is 1.83 bits per heavy atom. The Bertz CT molecular complexity index is 707. The molecular formula is C18H18FNO2S. The number of fused-ring (bicyclic) bond motifs is 1. The molecule has 4 rings (SSSR count). The Kier molecular flexibility index (Phi) is 3.81. The van der Waals surface area contributed by atoms with Crippen LogP contribution in [0.25, 0.3) is 0 Å². The molecule has 2 aromatic rings. The highest BCUT2D eigenvalue weighted by Gasteiger charge is 2.30. The van der Waals surface area contributed by atoms with Gasteiger partial charge in [0.1, 0.15) is 5.82 Å². The first-order valence-corrected chi connectivity index (χ1v) is 8.89. The van der Waals surface area contributed by atoms with E-state index in [1.54, 1.807) is 0 Å². The summed E-state index contributed by atoms with van der Waals surface area (Å²) in [6, 6.07) is 13.6. The highest BCUT2D eigenvalue weighted by Crippen LogP contribution is 2.41. The van der Waals surface area contributed by atoms with Gasteiger partial charge in [-0.25, -0.2) is 4.39 Å². The summed E-state index contributed by atoms with van der Waals surface area (Å²) in [5.74, 6) is 3.47. The molecule has 0 radical (unpaired) electrons. The molecule has 23 heavy (non-hydrogen) atoms. The van der Waals surface area contributed by atoms with Gasteiger partial charge in [0.2, 0.25) is 6.79 Å². The Morgan fingerprint density at radius 1 is 1.04 bits per heavy atom. The van der Waals surface area contributed by atoms with Crippen LogP contribution in [-0.2, 0) is 0 Å². The summed E-state index contributed by atoms with van der Waals surface area (Å²) < 4.78 is 24.2. The van der Waals surface area contributed by atoms with E-state index in [-0.39, 0.29) is 18.7 Å². The normalized spacial score (nSPS) is 23.1. The molecule has 0 saturated carbocycles. The predicted molar refractivity (Wildman–Crippen MR) is 91.0 cm³/mol. The van der Waals surface area contributed by atoms with Gasteiger partial charge in [-0.15, -0.1) is 0 Å². The Morgan fingerprint density at radius 3 is 2.65 bits per heavy atom. The van der Waals surface area contributed by atoms with Crippen molar-refractivity contribution in [2.45, 2.75) is 19.0 Å². The van der Waals surface area contributed by atoms with Gasteiger partial charge in [0.25, 0.3) is 0 Å². The van der Waals surface area contributed by atoms with Crippen LogP contribution in [0.15, 0.2) is 42.5 Å². The van der Waals surface area contributed by atoms with Crippen LogP contribution in [0.5, 0.6) is 11.5 Å². The van der Waals surface area contributed by atoms with Crippen LogP contribution >= 0.6 is 11.8 Å². The van der Waals surface area contributed by atoms with Crippen LogP contribution in [-0.4, -0.2) is 24.3 Å². The van der Waals surface area contributed by atoms with Crippen LogP contribution in [0.1, 0.15) is 18.5 Å². The van der Waals surface area contributed by atoms with Crippen molar-refractivity contribution >= 4 is 17.4 Å². The summed E-state index contributed by atoms with van der Waals surface area (Å²) in [7, 11) is 0. The molecule has 2 aromatic carbocycles. The number of hydrogen-bond donors (Lipinski definition) is 0. The molecule has 5 heteroatoms. The van der Waals surface area contributed by atoms with Crippen LogP contribution in [0, 0.1) is 5.82 Å². The lowest BCUT2D eigenvalue weighted by Gasteiger charge is -2.42. The standard InChI is InChI=1S/C18H18FNO2S/c1-12-9-23-10-16(13-2-4-14(19)5-3-13)20(12)15-6-7-17-18(8-15)22-11-21-17/h2-8,12,16H,9-11H2,1H3. The van der Waals surface area contributed by atoms with Gasteiger partial charge in [0, 0.05) is 29.3 Å². The molecule has 1 fully saturated rings. The number of halogens is 1. The van der Waals surface area contributed by atoms with Crippen molar-refractivity contribution in [1.29, 1.82) is 0 Å². The molecule has 2 atom stereocenters. The zero-order valence-electron chi connectivity index (χ0n) is 12.9. The molecule has 2 aliphatic heterocycles. The maximum atomic E-state index is 13.3. The maximum Gasteiger partial charge on any atom is 0.231 e. The molecule has 0 aliphatic carbocycles. The molecule has 0 N–H and O–H groups in total. The second kappa shape index (κ2) is 5.96. The van der Waals surface area contributed by atoms with Crippen molar-refractivity contribution in [2.24, 2.45) is 0 Å². The fourth-order valence-electron chi connectivity index (χ4n) is 3.24. The quantitative estimate of drug-likeness (QED) is 0.820. The zero-order chi connectivity index (χ0) is 15.8. The Hall–Kier alpha value is -1.88. The summed E-state index contributed by atoms with van der Waals surface area (Å²) in [5, 5.41) is 0. The number of rotatable bonds is 2. The maximum absolute atomic E-state index is 13.3. The zero-order valence-corrected chi connectivity index (χ0v) is 13.7. The Labute approximate surface area is 139 Å². The van der Waals surface area contributed by atoms with E-state index in [9.17, 15) is 4.39 Å². The lowest BCUT2D eigenvalue weighted by Crippen LogP contribution is -2.43. The largest absolute Gasteiger partial charge is 0.454 e. The lowest BCUT2D eigenvalue weighted by molar-refractivity contribution is 0.174. The van der Waals surface area contributed by atoms with Crippen molar-refractivity contribution < 1.29 is 13.9 Å². The number of anilines is 1. The van der Waals surface area contributed by atoms with Gasteiger partial charge in [-0.05, 0) is 36.8 Å². The third kappa shape index (κ3) is 2.74. The number of thioether (sulfide) groups is 1. The first kappa shape index (κ1) is 14.7. The fraction of sp³-hybridized carbons (Fsp3) is 0.333. The van der Waals surface area contributed by atoms with Gasteiger partial charge in [-0.3, -0.25) is 0 Å². The van der Waals surface area contributed by atoms with Crippen LogP contribution in [0.3, 0.4) is 0 Å². The molecule has 0 aromatic heterocycles. The monoisotopic (exact) mass is 331 g/mol. The molecule has 3 nitrogen and oxygen atoms in total. The van der Waals surface area contributed by atoms with E-state index in [0.29, 0.717) is 6.04 Å². The molecule has 0 spiro atoms. The highest BCUT2D eigenvalue weighted by atomic mass is 32.2. The van der Waals surface area contributed by atoms with Crippen molar-refractivity contribution in [2.75, 3.05) is 23.2 Å². The summed E-state index contributed by atoms with van der Waals surface area (Å²) in [6.45, 7) is 2.51. The third-order valence-electron chi connectivity index (χ3n) is 4.35.